The highest BCUT2D eigenvalue weighted by atomic mass is 16.6. The zero-order valence-electron chi connectivity index (χ0n) is 23.3. The van der Waals surface area contributed by atoms with E-state index in [2.05, 4.69) is 10.6 Å². The molecule has 2 aromatic rings. The third-order valence-electron chi connectivity index (χ3n) is 6.71. The molecule has 1 aliphatic carbocycles. The molecular weight excluding hydrogens is 498 g/mol. The maximum absolute atomic E-state index is 14.1. The highest BCUT2D eigenvalue weighted by Gasteiger charge is 2.36. The number of nitrogens with zero attached hydrogens (tertiary/aromatic N) is 1. The average molecular weight is 540 g/mol. The van der Waals surface area contributed by atoms with Gasteiger partial charge < -0.3 is 30.5 Å². The number of nitrogens with one attached hydrogen (secondary N) is 2. The monoisotopic (exact) mass is 539 g/mol. The van der Waals surface area contributed by atoms with E-state index in [1.807, 2.05) is 0 Å². The molecule has 0 saturated heterocycles. The van der Waals surface area contributed by atoms with E-state index in [9.17, 15) is 24.6 Å². The van der Waals surface area contributed by atoms with Gasteiger partial charge in [0.1, 0.15) is 29.2 Å². The van der Waals surface area contributed by atoms with E-state index in [1.165, 1.54) is 29.2 Å². The number of alkyl carbamates (subject to hydrolysis) is 1. The number of aromatic hydroxyl groups is 2. The Morgan fingerprint density at radius 1 is 0.949 bits per heavy atom. The number of hydrogen-bond donors (Lipinski definition) is 4. The van der Waals surface area contributed by atoms with Crippen molar-refractivity contribution >= 4 is 17.9 Å². The Labute approximate surface area is 230 Å². The van der Waals surface area contributed by atoms with Crippen LogP contribution in [-0.4, -0.2) is 57.3 Å². The van der Waals surface area contributed by atoms with E-state index < -0.39 is 29.7 Å². The second-order valence-electron chi connectivity index (χ2n) is 11.0. The number of benzene rings is 2. The van der Waals surface area contributed by atoms with Crippen molar-refractivity contribution in [1.82, 2.24) is 15.5 Å². The SMILES string of the molecule is CCN(C(=O)C(Cc1ccc(O)cc1)NC(=O)OC(C)(C)C)C(C(=O)NC1CCCCC1)c1ccc(O)cc1. The van der Waals surface area contributed by atoms with Crippen LogP contribution >= 0.6 is 0 Å². The lowest BCUT2D eigenvalue weighted by Crippen LogP contribution is -2.54. The minimum absolute atomic E-state index is 0.0346. The number of likely N-dealkylation sites (N-methyl/N-ethyl adjacent to an activating group) is 1. The van der Waals surface area contributed by atoms with Gasteiger partial charge in [-0.15, -0.1) is 0 Å². The molecule has 3 amide bonds. The topological polar surface area (TPSA) is 128 Å². The highest BCUT2D eigenvalue weighted by Crippen LogP contribution is 2.26. The van der Waals surface area contributed by atoms with Crippen LogP contribution in [0.25, 0.3) is 0 Å². The summed E-state index contributed by atoms with van der Waals surface area (Å²) in [5.41, 5.74) is 0.498. The lowest BCUT2D eigenvalue weighted by Gasteiger charge is -2.35. The highest BCUT2D eigenvalue weighted by molar-refractivity contribution is 5.92. The van der Waals surface area contributed by atoms with Gasteiger partial charge in [-0.1, -0.05) is 43.5 Å². The molecule has 2 aromatic carbocycles. The van der Waals surface area contributed by atoms with E-state index >= 15 is 0 Å². The van der Waals surface area contributed by atoms with Crippen molar-refractivity contribution in [2.75, 3.05) is 6.54 Å². The smallest absolute Gasteiger partial charge is 0.408 e. The maximum Gasteiger partial charge on any atom is 0.408 e. The van der Waals surface area contributed by atoms with Crippen LogP contribution in [0.15, 0.2) is 48.5 Å². The molecule has 212 valence electrons. The quantitative estimate of drug-likeness (QED) is 0.370. The first kappa shape index (κ1) is 29.8. The molecule has 1 saturated carbocycles. The number of amides is 3. The number of rotatable bonds is 9. The van der Waals surface area contributed by atoms with E-state index in [4.69, 9.17) is 4.74 Å². The van der Waals surface area contributed by atoms with E-state index in [0.29, 0.717) is 11.1 Å². The molecule has 2 atom stereocenters. The van der Waals surface area contributed by atoms with Crippen molar-refractivity contribution in [2.24, 2.45) is 0 Å². The van der Waals surface area contributed by atoms with Gasteiger partial charge in [0.15, 0.2) is 0 Å². The lowest BCUT2D eigenvalue weighted by atomic mass is 9.94. The average Bonchev–Trinajstić information content (AvgIpc) is 2.88. The molecule has 1 fully saturated rings. The van der Waals surface area contributed by atoms with Crippen molar-refractivity contribution in [3.05, 3.63) is 59.7 Å². The fraction of sp³-hybridized carbons (Fsp3) is 0.500. The summed E-state index contributed by atoms with van der Waals surface area (Å²) in [5.74, 6) is -0.614. The first-order valence-corrected chi connectivity index (χ1v) is 13.6. The molecule has 39 heavy (non-hydrogen) atoms. The second kappa shape index (κ2) is 13.4. The minimum atomic E-state index is -1.04. The van der Waals surface area contributed by atoms with Crippen LogP contribution in [0.3, 0.4) is 0 Å². The zero-order valence-corrected chi connectivity index (χ0v) is 23.3. The zero-order chi connectivity index (χ0) is 28.6. The summed E-state index contributed by atoms with van der Waals surface area (Å²) < 4.78 is 5.43. The fourth-order valence-electron chi connectivity index (χ4n) is 4.84. The first-order valence-electron chi connectivity index (χ1n) is 13.6. The molecule has 0 aliphatic heterocycles. The van der Waals surface area contributed by atoms with E-state index in [1.54, 1.807) is 52.0 Å². The van der Waals surface area contributed by atoms with Crippen molar-refractivity contribution in [1.29, 1.82) is 0 Å². The van der Waals surface area contributed by atoms with Crippen LogP contribution in [0.1, 0.15) is 77.0 Å². The largest absolute Gasteiger partial charge is 0.508 e. The Kier molecular flexibility index (Phi) is 10.2. The Balaban J connectivity index is 1.94. The molecule has 0 bridgehead atoms. The fourth-order valence-corrected chi connectivity index (χ4v) is 4.84. The molecule has 9 heteroatoms. The van der Waals surface area contributed by atoms with Gasteiger partial charge in [-0.3, -0.25) is 9.59 Å². The van der Waals surface area contributed by atoms with E-state index in [-0.39, 0.29) is 36.4 Å². The van der Waals surface area contributed by atoms with Crippen LogP contribution in [-0.2, 0) is 20.7 Å². The first-order chi connectivity index (χ1) is 18.5. The molecule has 4 N–H and O–H groups in total. The molecule has 0 aromatic heterocycles. The van der Waals surface area contributed by atoms with E-state index in [0.717, 1.165) is 32.1 Å². The van der Waals surface area contributed by atoms with Gasteiger partial charge in [0.05, 0.1) is 0 Å². The second-order valence-corrected chi connectivity index (χ2v) is 11.0. The van der Waals surface area contributed by atoms with Crippen molar-refractivity contribution < 1.29 is 29.3 Å². The van der Waals surface area contributed by atoms with Gasteiger partial charge in [-0.2, -0.15) is 0 Å². The van der Waals surface area contributed by atoms with Crippen LogP contribution in [0, 0.1) is 0 Å². The predicted octanol–water partition coefficient (Wildman–Crippen LogP) is 4.57. The van der Waals surface area contributed by atoms with Crippen LogP contribution in [0.2, 0.25) is 0 Å². The third-order valence-corrected chi connectivity index (χ3v) is 6.71. The summed E-state index contributed by atoms with van der Waals surface area (Å²) in [6.07, 6.45) is 4.38. The van der Waals surface area contributed by atoms with Gasteiger partial charge in [0.25, 0.3) is 0 Å². The number of ether oxygens (including phenoxy) is 1. The number of phenolic OH excluding ortho intramolecular Hbond substituents is 2. The summed E-state index contributed by atoms with van der Waals surface area (Å²) in [4.78, 5) is 42.0. The molecule has 2 unspecified atom stereocenters. The number of carbonyl (C=O) groups excluding carboxylic acids is 3. The molecule has 0 spiro atoms. The number of phenols is 2. The van der Waals surface area contributed by atoms with Gasteiger partial charge in [-0.05, 0) is 75.9 Å². The lowest BCUT2D eigenvalue weighted by molar-refractivity contribution is -0.142. The van der Waals surface area contributed by atoms with Gasteiger partial charge in [-0.25, -0.2) is 4.79 Å². The number of hydrogen-bond acceptors (Lipinski definition) is 6. The summed E-state index contributed by atoms with van der Waals surface area (Å²) in [7, 11) is 0. The minimum Gasteiger partial charge on any atom is -0.508 e. The maximum atomic E-state index is 14.1. The molecule has 9 nitrogen and oxygen atoms in total. The Morgan fingerprint density at radius 3 is 2.05 bits per heavy atom. The molecule has 1 aliphatic rings. The summed E-state index contributed by atoms with van der Waals surface area (Å²) in [5, 5.41) is 25.4. The molecule has 0 radical (unpaired) electrons. The molecule has 3 rings (SSSR count). The van der Waals surface area contributed by atoms with Crippen molar-refractivity contribution in [3.8, 4) is 11.5 Å². The van der Waals surface area contributed by atoms with Crippen molar-refractivity contribution in [2.45, 2.75) is 89.9 Å². The van der Waals surface area contributed by atoms with Crippen LogP contribution in [0.4, 0.5) is 4.79 Å². The van der Waals surface area contributed by atoms with Gasteiger partial charge in [0.2, 0.25) is 11.8 Å². The van der Waals surface area contributed by atoms with Crippen LogP contribution < -0.4 is 10.6 Å². The summed E-state index contributed by atoms with van der Waals surface area (Å²) in [6.45, 7) is 7.18. The summed E-state index contributed by atoms with van der Waals surface area (Å²) in [6, 6.07) is 10.7. The van der Waals surface area contributed by atoms with Crippen LogP contribution in [0.5, 0.6) is 11.5 Å². The normalized spacial score (nSPS) is 15.6. The van der Waals surface area contributed by atoms with Crippen molar-refractivity contribution in [3.63, 3.8) is 0 Å². The number of carbonyl (C=O) groups is 3. The standard InChI is InChI=1S/C30H41N3O6/c1-5-33(26(21-13-17-24(35)18-14-21)27(36)31-22-9-7-6-8-10-22)28(37)25(32-29(38)39-30(2,3)4)19-20-11-15-23(34)16-12-20/h11-18,22,25-26,34-35H,5-10,19H2,1-4H3,(H,31,36)(H,32,38). The summed E-state index contributed by atoms with van der Waals surface area (Å²) >= 11 is 0. The van der Waals surface area contributed by atoms with Gasteiger partial charge in [0, 0.05) is 19.0 Å². The Hall–Kier alpha value is -3.75. The molecule has 0 heterocycles. The van der Waals surface area contributed by atoms with Gasteiger partial charge >= 0.3 is 6.09 Å². The Bertz CT molecular complexity index is 1110. The molecular formula is C30H41N3O6. The predicted molar refractivity (Wildman–Crippen MR) is 148 cm³/mol. The third kappa shape index (κ3) is 8.90. The Morgan fingerprint density at radius 2 is 1.51 bits per heavy atom.